The molecule has 0 saturated heterocycles. The summed E-state index contributed by atoms with van der Waals surface area (Å²) >= 11 is 0. The molecule has 6 heteroatoms. The fourth-order valence-corrected chi connectivity index (χ4v) is 1.44. The van der Waals surface area contributed by atoms with E-state index in [1.807, 2.05) is 0 Å². The molecule has 0 aliphatic heterocycles. The Labute approximate surface area is 97.1 Å². The molecule has 17 heavy (non-hydrogen) atoms. The van der Waals surface area contributed by atoms with E-state index in [9.17, 15) is 14.7 Å². The number of hydrogen-bond acceptors (Lipinski definition) is 4. The number of phenolic OH excluding ortho intramolecular Hbond substituents is 1. The van der Waals surface area contributed by atoms with Gasteiger partial charge < -0.3 is 20.1 Å². The zero-order valence-electron chi connectivity index (χ0n) is 9.08. The highest BCUT2D eigenvalue weighted by atomic mass is 16.5. The molecule has 0 aromatic heterocycles. The number of carboxylic acid groups (broad SMARTS) is 2. The van der Waals surface area contributed by atoms with Crippen LogP contribution in [0.4, 0.5) is 0 Å². The van der Waals surface area contributed by atoms with Gasteiger partial charge in [0.15, 0.2) is 0 Å². The number of phenols is 1. The lowest BCUT2D eigenvalue weighted by Gasteiger charge is -2.13. The third-order valence-corrected chi connectivity index (χ3v) is 2.29. The van der Waals surface area contributed by atoms with E-state index < -0.39 is 24.3 Å². The van der Waals surface area contributed by atoms with Crippen LogP contribution in [0.2, 0.25) is 0 Å². The van der Waals surface area contributed by atoms with Crippen LogP contribution in [0.1, 0.15) is 17.9 Å². The van der Waals surface area contributed by atoms with Gasteiger partial charge in [-0.05, 0) is 18.2 Å². The minimum absolute atomic E-state index is 0.0271. The van der Waals surface area contributed by atoms with Crippen LogP contribution in [0, 0.1) is 0 Å². The van der Waals surface area contributed by atoms with Crippen LogP contribution in [0.3, 0.4) is 0 Å². The van der Waals surface area contributed by atoms with Crippen LogP contribution < -0.4 is 4.74 Å². The smallest absolute Gasteiger partial charge is 0.311 e. The van der Waals surface area contributed by atoms with Crippen LogP contribution in [0.25, 0.3) is 0 Å². The lowest BCUT2D eigenvalue weighted by atomic mass is 9.95. The normalized spacial score (nSPS) is 11.8. The maximum Gasteiger partial charge on any atom is 0.311 e. The molecule has 1 aromatic rings. The minimum Gasteiger partial charge on any atom is -0.508 e. The molecule has 0 aliphatic carbocycles. The van der Waals surface area contributed by atoms with E-state index in [0.717, 1.165) is 0 Å². The highest BCUT2D eigenvalue weighted by molar-refractivity contribution is 5.83. The lowest BCUT2D eigenvalue weighted by Crippen LogP contribution is -2.16. The Hall–Kier alpha value is -2.24. The van der Waals surface area contributed by atoms with Crippen molar-refractivity contribution in [2.24, 2.45) is 0 Å². The molecular formula is C11H12O6. The Bertz CT molecular complexity index is 440. The number of benzene rings is 1. The predicted octanol–water partition coefficient (Wildman–Crippen LogP) is 1.04. The average molecular weight is 240 g/mol. The van der Waals surface area contributed by atoms with Gasteiger partial charge in [-0.2, -0.15) is 0 Å². The number of rotatable bonds is 5. The molecule has 0 heterocycles. The quantitative estimate of drug-likeness (QED) is 0.710. The molecule has 0 amide bonds. The van der Waals surface area contributed by atoms with Gasteiger partial charge in [0, 0.05) is 5.56 Å². The monoisotopic (exact) mass is 240 g/mol. The minimum atomic E-state index is -1.31. The molecule has 1 unspecified atom stereocenters. The van der Waals surface area contributed by atoms with Crippen molar-refractivity contribution in [2.45, 2.75) is 12.3 Å². The zero-order chi connectivity index (χ0) is 13.0. The first kappa shape index (κ1) is 12.8. The second-order valence-corrected chi connectivity index (χ2v) is 3.41. The molecule has 92 valence electrons. The van der Waals surface area contributed by atoms with E-state index in [2.05, 4.69) is 0 Å². The molecule has 0 radical (unpaired) electrons. The fourth-order valence-electron chi connectivity index (χ4n) is 1.44. The number of methoxy groups -OCH3 is 1. The van der Waals surface area contributed by atoms with Crippen LogP contribution in [0.5, 0.6) is 11.5 Å². The van der Waals surface area contributed by atoms with E-state index in [4.69, 9.17) is 14.9 Å². The van der Waals surface area contributed by atoms with E-state index in [1.54, 1.807) is 0 Å². The third-order valence-electron chi connectivity index (χ3n) is 2.29. The number of aliphatic carboxylic acids is 2. The highest BCUT2D eigenvalue weighted by Gasteiger charge is 2.26. The Morgan fingerprint density at radius 3 is 2.47 bits per heavy atom. The van der Waals surface area contributed by atoms with Crippen LogP contribution in [-0.4, -0.2) is 34.4 Å². The first-order chi connectivity index (χ1) is 7.95. The van der Waals surface area contributed by atoms with Crippen LogP contribution in [-0.2, 0) is 9.59 Å². The van der Waals surface area contributed by atoms with Crippen molar-refractivity contribution < 1.29 is 29.6 Å². The highest BCUT2D eigenvalue weighted by Crippen LogP contribution is 2.31. The van der Waals surface area contributed by atoms with Gasteiger partial charge in [-0.3, -0.25) is 9.59 Å². The number of aromatic hydroxyl groups is 1. The largest absolute Gasteiger partial charge is 0.508 e. The molecule has 3 N–H and O–H groups in total. The van der Waals surface area contributed by atoms with Crippen molar-refractivity contribution >= 4 is 11.9 Å². The number of carboxylic acids is 2. The summed E-state index contributed by atoms with van der Waals surface area (Å²) < 4.78 is 4.89. The summed E-state index contributed by atoms with van der Waals surface area (Å²) in [5.41, 5.74) is 0.0271. The van der Waals surface area contributed by atoms with Crippen LogP contribution >= 0.6 is 0 Å². The van der Waals surface area contributed by atoms with Gasteiger partial charge in [0.2, 0.25) is 0 Å². The topological polar surface area (TPSA) is 104 Å². The molecular weight excluding hydrogens is 228 g/mol. The second-order valence-electron chi connectivity index (χ2n) is 3.41. The fraction of sp³-hybridized carbons (Fsp3) is 0.273. The van der Waals surface area contributed by atoms with Crippen molar-refractivity contribution in [1.29, 1.82) is 0 Å². The van der Waals surface area contributed by atoms with Gasteiger partial charge in [0.05, 0.1) is 19.4 Å². The Morgan fingerprint density at radius 2 is 2.00 bits per heavy atom. The summed E-state index contributed by atoms with van der Waals surface area (Å²) in [6.07, 6.45) is -0.601. The van der Waals surface area contributed by atoms with Crippen molar-refractivity contribution in [1.82, 2.24) is 0 Å². The Morgan fingerprint density at radius 1 is 1.35 bits per heavy atom. The van der Waals surface area contributed by atoms with Crippen molar-refractivity contribution in [3.05, 3.63) is 23.8 Å². The van der Waals surface area contributed by atoms with Gasteiger partial charge in [-0.15, -0.1) is 0 Å². The molecule has 1 aromatic carbocycles. The van der Waals surface area contributed by atoms with Gasteiger partial charge in [-0.25, -0.2) is 0 Å². The lowest BCUT2D eigenvalue weighted by molar-refractivity contribution is -0.145. The summed E-state index contributed by atoms with van der Waals surface area (Å²) in [4.78, 5) is 21.5. The maximum absolute atomic E-state index is 11.0. The first-order valence-electron chi connectivity index (χ1n) is 4.77. The standard InChI is InChI=1S/C11H12O6/c1-17-6-2-3-9(12)7(4-6)8(11(15)16)5-10(13)14/h2-4,8,12H,5H2,1H3,(H,13,14)(H,15,16). The zero-order valence-corrected chi connectivity index (χ0v) is 9.08. The van der Waals surface area contributed by atoms with E-state index >= 15 is 0 Å². The summed E-state index contributed by atoms with van der Waals surface area (Å²) in [5, 5.41) is 27.1. The molecule has 0 bridgehead atoms. The van der Waals surface area contributed by atoms with Gasteiger partial charge in [0.25, 0.3) is 0 Å². The van der Waals surface area contributed by atoms with Crippen molar-refractivity contribution in [3.63, 3.8) is 0 Å². The Kier molecular flexibility index (Phi) is 3.92. The molecule has 6 nitrogen and oxygen atoms in total. The molecule has 1 atom stereocenters. The molecule has 0 saturated carbocycles. The maximum atomic E-state index is 11.0. The van der Waals surface area contributed by atoms with Gasteiger partial charge in [0.1, 0.15) is 11.5 Å². The summed E-state index contributed by atoms with van der Waals surface area (Å²) in [6.45, 7) is 0. The molecule has 0 spiro atoms. The van der Waals surface area contributed by atoms with E-state index in [-0.39, 0.29) is 11.3 Å². The molecule has 0 fully saturated rings. The Balaban J connectivity index is 3.16. The van der Waals surface area contributed by atoms with Crippen molar-refractivity contribution in [2.75, 3.05) is 7.11 Å². The van der Waals surface area contributed by atoms with Crippen LogP contribution in [0.15, 0.2) is 18.2 Å². The molecule has 0 aliphatic rings. The molecule has 1 rings (SSSR count). The average Bonchev–Trinajstić information content (AvgIpc) is 2.26. The SMILES string of the molecule is COc1ccc(O)c(C(CC(=O)O)C(=O)O)c1. The summed E-state index contributed by atoms with van der Waals surface area (Å²) in [5.74, 6) is -3.77. The second kappa shape index (κ2) is 5.20. The predicted molar refractivity (Wildman–Crippen MR) is 57.3 cm³/mol. The number of carbonyl (C=O) groups is 2. The first-order valence-corrected chi connectivity index (χ1v) is 4.77. The number of ether oxygens (including phenoxy) is 1. The summed E-state index contributed by atoms with van der Waals surface area (Å²) in [6, 6.07) is 4.04. The summed E-state index contributed by atoms with van der Waals surface area (Å²) in [7, 11) is 1.39. The third kappa shape index (κ3) is 3.10. The van der Waals surface area contributed by atoms with Crippen molar-refractivity contribution in [3.8, 4) is 11.5 Å². The van der Waals surface area contributed by atoms with E-state index in [1.165, 1.54) is 25.3 Å². The van der Waals surface area contributed by atoms with E-state index in [0.29, 0.717) is 5.75 Å². The van der Waals surface area contributed by atoms with Gasteiger partial charge in [-0.1, -0.05) is 0 Å². The number of hydrogen-bond donors (Lipinski definition) is 3. The van der Waals surface area contributed by atoms with Gasteiger partial charge >= 0.3 is 11.9 Å².